The van der Waals surface area contributed by atoms with E-state index >= 15 is 0 Å². The third kappa shape index (κ3) is 5.58. The Morgan fingerprint density at radius 3 is 2.63 bits per heavy atom. The van der Waals surface area contributed by atoms with E-state index in [9.17, 15) is 9.59 Å². The van der Waals surface area contributed by atoms with Gasteiger partial charge in [-0.1, -0.05) is 45.3 Å². The van der Waals surface area contributed by atoms with Gasteiger partial charge in [0, 0.05) is 0 Å². The van der Waals surface area contributed by atoms with Gasteiger partial charge in [0.25, 0.3) is 0 Å². The maximum absolute atomic E-state index is 11.4. The van der Waals surface area contributed by atoms with Crippen LogP contribution >= 0.6 is 0 Å². The first-order valence-corrected chi connectivity index (χ1v) is 7.34. The summed E-state index contributed by atoms with van der Waals surface area (Å²) in [5, 5.41) is 0. The van der Waals surface area contributed by atoms with Crippen LogP contribution in [0.5, 0.6) is 0 Å². The summed E-state index contributed by atoms with van der Waals surface area (Å²) in [6.45, 7) is 8.76. The molecule has 1 aliphatic heterocycles. The average molecular weight is 266 g/mol. The van der Waals surface area contributed by atoms with E-state index in [4.69, 9.17) is 0 Å². The van der Waals surface area contributed by atoms with Gasteiger partial charge >= 0.3 is 11.9 Å². The third-order valence-electron chi connectivity index (χ3n) is 3.65. The van der Waals surface area contributed by atoms with Crippen LogP contribution in [0.25, 0.3) is 0 Å². The van der Waals surface area contributed by atoms with Crippen LogP contribution in [-0.2, 0) is 14.3 Å². The molecule has 1 fully saturated rings. The van der Waals surface area contributed by atoms with E-state index in [0.717, 1.165) is 5.92 Å². The number of hydrogen-bond donors (Lipinski definition) is 0. The lowest BCUT2D eigenvalue weighted by Crippen LogP contribution is -2.08. The Kier molecular flexibility index (Phi) is 6.26. The predicted molar refractivity (Wildman–Crippen MR) is 75.4 cm³/mol. The summed E-state index contributed by atoms with van der Waals surface area (Å²) < 4.78 is 4.57. The molecular formula is C16H26O3. The summed E-state index contributed by atoms with van der Waals surface area (Å²) in [6.07, 6.45) is 6.80. The van der Waals surface area contributed by atoms with Gasteiger partial charge in [-0.25, -0.2) is 0 Å². The second-order valence-corrected chi connectivity index (χ2v) is 6.02. The van der Waals surface area contributed by atoms with Crippen molar-refractivity contribution in [3.63, 3.8) is 0 Å². The van der Waals surface area contributed by atoms with Gasteiger partial charge in [0.1, 0.15) is 0 Å². The molecule has 1 rings (SSSR count). The van der Waals surface area contributed by atoms with Crippen LogP contribution in [0, 0.1) is 17.8 Å². The molecule has 108 valence electrons. The minimum Gasteiger partial charge on any atom is -0.393 e. The monoisotopic (exact) mass is 266 g/mol. The molecule has 3 atom stereocenters. The third-order valence-corrected chi connectivity index (χ3v) is 3.65. The summed E-state index contributed by atoms with van der Waals surface area (Å²) >= 11 is 0. The van der Waals surface area contributed by atoms with E-state index in [-0.39, 0.29) is 24.3 Å². The van der Waals surface area contributed by atoms with Crippen molar-refractivity contribution in [2.75, 3.05) is 0 Å². The summed E-state index contributed by atoms with van der Waals surface area (Å²) in [7, 11) is 0. The highest BCUT2D eigenvalue weighted by atomic mass is 16.6. The van der Waals surface area contributed by atoms with Gasteiger partial charge in [0.05, 0.1) is 12.3 Å². The molecule has 1 aliphatic rings. The van der Waals surface area contributed by atoms with Crippen LogP contribution in [0.15, 0.2) is 11.6 Å². The fourth-order valence-electron chi connectivity index (χ4n) is 2.93. The predicted octanol–water partition coefficient (Wildman–Crippen LogP) is 3.87. The van der Waals surface area contributed by atoms with E-state index in [0.29, 0.717) is 12.3 Å². The first-order valence-electron chi connectivity index (χ1n) is 7.34. The van der Waals surface area contributed by atoms with Crippen molar-refractivity contribution in [1.29, 1.82) is 0 Å². The zero-order valence-corrected chi connectivity index (χ0v) is 12.6. The van der Waals surface area contributed by atoms with E-state index in [1.165, 1.54) is 24.8 Å². The molecule has 1 saturated heterocycles. The summed E-state index contributed by atoms with van der Waals surface area (Å²) in [5.41, 5.74) is 1.19. The largest absolute Gasteiger partial charge is 0.393 e. The lowest BCUT2D eigenvalue weighted by Gasteiger charge is -2.15. The molecule has 3 heteroatoms. The topological polar surface area (TPSA) is 43.4 Å². The van der Waals surface area contributed by atoms with Crippen LogP contribution in [0.1, 0.15) is 59.8 Å². The number of hydrogen-bond acceptors (Lipinski definition) is 3. The lowest BCUT2D eigenvalue weighted by atomic mass is 9.90. The summed E-state index contributed by atoms with van der Waals surface area (Å²) in [5.74, 6) is 0.262. The zero-order chi connectivity index (χ0) is 14.4. The molecule has 0 aromatic rings. The lowest BCUT2D eigenvalue weighted by molar-refractivity contribution is -0.153. The second-order valence-electron chi connectivity index (χ2n) is 6.02. The van der Waals surface area contributed by atoms with E-state index in [1.54, 1.807) is 0 Å². The van der Waals surface area contributed by atoms with Crippen LogP contribution in [0.3, 0.4) is 0 Å². The van der Waals surface area contributed by atoms with Crippen LogP contribution in [0.2, 0.25) is 0 Å². The number of esters is 2. The van der Waals surface area contributed by atoms with Crippen LogP contribution in [0.4, 0.5) is 0 Å². The Balaban J connectivity index is 2.43. The van der Waals surface area contributed by atoms with Crippen molar-refractivity contribution in [2.45, 2.75) is 59.8 Å². The molecule has 0 bridgehead atoms. The molecule has 0 saturated carbocycles. The molecule has 0 radical (unpaired) electrons. The Morgan fingerprint density at radius 2 is 2.11 bits per heavy atom. The smallest absolute Gasteiger partial charge is 0.317 e. The molecule has 0 aromatic heterocycles. The first-order chi connectivity index (χ1) is 8.92. The molecule has 3 unspecified atom stereocenters. The van der Waals surface area contributed by atoms with Gasteiger partial charge in [-0.2, -0.15) is 0 Å². The maximum Gasteiger partial charge on any atom is 0.317 e. The number of carbonyl (C=O) groups excluding carboxylic acids is 2. The molecule has 0 spiro atoms. The quantitative estimate of drug-likeness (QED) is 0.399. The Bertz CT molecular complexity index is 357. The summed E-state index contributed by atoms with van der Waals surface area (Å²) in [6, 6.07) is 0. The second kappa shape index (κ2) is 7.46. The standard InChI is InChI=1S/C16H26O3/c1-5-6-11(2)7-12(3)8-13(4)9-14-10-15(17)19-16(14)18/h8,11-12,14H,5-7,9-10H2,1-4H3. The molecule has 0 aromatic carbocycles. The average Bonchev–Trinajstić information content (AvgIpc) is 2.56. The van der Waals surface area contributed by atoms with Gasteiger partial charge in [-0.3, -0.25) is 9.59 Å². The van der Waals surface area contributed by atoms with Crippen LogP contribution in [-0.4, -0.2) is 11.9 Å². The zero-order valence-electron chi connectivity index (χ0n) is 12.6. The fraction of sp³-hybridized carbons (Fsp3) is 0.750. The summed E-state index contributed by atoms with van der Waals surface area (Å²) in [4.78, 5) is 22.4. The molecule has 0 N–H and O–H groups in total. The number of allylic oxidation sites excluding steroid dienone is 2. The van der Waals surface area contributed by atoms with E-state index < -0.39 is 0 Å². The van der Waals surface area contributed by atoms with Crippen molar-refractivity contribution >= 4 is 11.9 Å². The van der Waals surface area contributed by atoms with E-state index in [1.807, 2.05) is 6.92 Å². The Labute approximate surface area is 116 Å². The van der Waals surface area contributed by atoms with Gasteiger partial charge < -0.3 is 4.74 Å². The molecule has 19 heavy (non-hydrogen) atoms. The number of rotatable bonds is 7. The van der Waals surface area contributed by atoms with Crippen molar-refractivity contribution in [3.8, 4) is 0 Å². The molecule has 3 nitrogen and oxygen atoms in total. The molecule has 0 aliphatic carbocycles. The molecule has 1 heterocycles. The van der Waals surface area contributed by atoms with Crippen molar-refractivity contribution in [3.05, 3.63) is 11.6 Å². The first kappa shape index (κ1) is 15.9. The SMILES string of the molecule is CCCC(C)CC(C)C=C(C)CC1CC(=O)OC1=O. The number of carbonyl (C=O) groups is 2. The minimum atomic E-state index is -0.382. The number of cyclic esters (lactones) is 2. The normalized spacial score (nSPS) is 23.4. The minimum absolute atomic E-state index is 0.241. The maximum atomic E-state index is 11.4. The number of ether oxygens (including phenoxy) is 1. The molecular weight excluding hydrogens is 240 g/mol. The van der Waals surface area contributed by atoms with Gasteiger partial charge in [-0.05, 0) is 31.6 Å². The highest BCUT2D eigenvalue weighted by Gasteiger charge is 2.33. The molecule has 0 amide bonds. The van der Waals surface area contributed by atoms with Gasteiger partial charge in [0.15, 0.2) is 0 Å². The highest BCUT2D eigenvalue weighted by molar-refractivity contribution is 5.94. The van der Waals surface area contributed by atoms with Crippen LogP contribution < -0.4 is 0 Å². The highest BCUT2D eigenvalue weighted by Crippen LogP contribution is 2.25. The Morgan fingerprint density at radius 1 is 1.42 bits per heavy atom. The van der Waals surface area contributed by atoms with Gasteiger partial charge in [0.2, 0.25) is 0 Å². The van der Waals surface area contributed by atoms with E-state index in [2.05, 4.69) is 31.6 Å². The van der Waals surface area contributed by atoms with Gasteiger partial charge in [-0.15, -0.1) is 0 Å². The van der Waals surface area contributed by atoms with Crippen molar-refractivity contribution < 1.29 is 14.3 Å². The fourth-order valence-corrected chi connectivity index (χ4v) is 2.93. The van der Waals surface area contributed by atoms with Crippen molar-refractivity contribution in [2.24, 2.45) is 17.8 Å². The Hall–Kier alpha value is -1.12. The van der Waals surface area contributed by atoms with Crippen molar-refractivity contribution in [1.82, 2.24) is 0 Å².